The zero-order chi connectivity index (χ0) is 25.9. The van der Waals surface area contributed by atoms with Crippen LogP contribution in [0.2, 0.25) is 0 Å². The highest BCUT2D eigenvalue weighted by Gasteiger charge is 2.19. The van der Waals surface area contributed by atoms with E-state index in [2.05, 4.69) is 5.32 Å². The highest BCUT2D eigenvalue weighted by atomic mass is 32.2. The molecule has 5 aromatic rings. The number of carbonyl (C=O) groups excluding carboxylic acids is 1. The van der Waals surface area contributed by atoms with Crippen LogP contribution < -0.4 is 9.62 Å². The second kappa shape index (κ2) is 10.1. The van der Waals surface area contributed by atoms with E-state index in [1.54, 1.807) is 6.07 Å². The number of phenolic OH excluding ortho intramolecular Hbond substituents is 1. The SMILES string of the molecule is O=C(Nc1ccc(O)c(N(c2ccc(F)cc2)[SH](=O)=O)c1)c1ccc(-c2ccccc2)c2ccccc12. The summed E-state index contributed by atoms with van der Waals surface area (Å²) in [5, 5.41) is 14.9. The lowest BCUT2D eigenvalue weighted by atomic mass is 9.95. The van der Waals surface area contributed by atoms with E-state index in [0.717, 1.165) is 38.3 Å². The highest BCUT2D eigenvalue weighted by Crippen LogP contribution is 2.36. The van der Waals surface area contributed by atoms with Crippen molar-refractivity contribution in [2.75, 3.05) is 9.62 Å². The number of hydrogen-bond donors (Lipinski definition) is 3. The zero-order valence-corrected chi connectivity index (χ0v) is 20.2. The fourth-order valence-electron chi connectivity index (χ4n) is 4.24. The lowest BCUT2D eigenvalue weighted by molar-refractivity contribution is 0.102. The number of anilines is 3. The van der Waals surface area contributed by atoms with E-state index in [1.165, 1.54) is 30.3 Å². The summed E-state index contributed by atoms with van der Waals surface area (Å²) in [7, 11) is -3.23. The van der Waals surface area contributed by atoms with Gasteiger partial charge in [0, 0.05) is 11.3 Å². The molecule has 2 N–H and O–H groups in total. The summed E-state index contributed by atoms with van der Waals surface area (Å²) < 4.78 is 38.3. The summed E-state index contributed by atoms with van der Waals surface area (Å²) in [6.45, 7) is 0. The monoisotopic (exact) mass is 512 g/mol. The third-order valence-electron chi connectivity index (χ3n) is 5.95. The maximum atomic E-state index is 13.4. The molecule has 37 heavy (non-hydrogen) atoms. The molecule has 0 bridgehead atoms. The molecule has 0 aliphatic carbocycles. The zero-order valence-electron chi connectivity index (χ0n) is 19.3. The van der Waals surface area contributed by atoms with Crippen molar-refractivity contribution < 1.29 is 22.7 Å². The summed E-state index contributed by atoms with van der Waals surface area (Å²) in [5.41, 5.74) is 2.80. The van der Waals surface area contributed by atoms with Crippen molar-refractivity contribution in [3.63, 3.8) is 0 Å². The van der Waals surface area contributed by atoms with Gasteiger partial charge in [-0.15, -0.1) is 0 Å². The number of amides is 1. The van der Waals surface area contributed by atoms with E-state index in [-0.39, 0.29) is 22.8 Å². The molecule has 0 unspecified atom stereocenters. The molecule has 6 nitrogen and oxygen atoms in total. The normalized spacial score (nSPS) is 11.0. The van der Waals surface area contributed by atoms with Gasteiger partial charge in [-0.1, -0.05) is 60.7 Å². The lowest BCUT2D eigenvalue weighted by Crippen LogP contribution is -2.16. The van der Waals surface area contributed by atoms with Gasteiger partial charge < -0.3 is 10.4 Å². The van der Waals surface area contributed by atoms with Gasteiger partial charge in [-0.2, -0.15) is 0 Å². The third kappa shape index (κ3) is 4.87. The third-order valence-corrected chi connectivity index (χ3v) is 6.72. The number of aromatic hydroxyl groups is 1. The Morgan fingerprint density at radius 1 is 0.784 bits per heavy atom. The van der Waals surface area contributed by atoms with Crippen LogP contribution in [0.15, 0.2) is 109 Å². The van der Waals surface area contributed by atoms with E-state index in [1.807, 2.05) is 60.7 Å². The van der Waals surface area contributed by atoms with Crippen LogP contribution in [0, 0.1) is 5.82 Å². The fraction of sp³-hybridized carbons (Fsp3) is 0. The fourth-order valence-corrected chi connectivity index (χ4v) is 4.90. The Morgan fingerprint density at radius 3 is 2.16 bits per heavy atom. The number of hydrogen-bond acceptors (Lipinski definition) is 4. The first kappa shape index (κ1) is 24.0. The number of nitrogens with zero attached hydrogens (tertiary/aromatic N) is 1. The largest absolute Gasteiger partial charge is 0.506 e. The molecular formula is C29H21FN2O4S. The molecule has 0 saturated carbocycles. The first-order valence-corrected chi connectivity index (χ1v) is 12.5. The van der Waals surface area contributed by atoms with Crippen molar-refractivity contribution in [2.24, 2.45) is 0 Å². The topological polar surface area (TPSA) is 86.7 Å². The van der Waals surface area contributed by atoms with Gasteiger partial charge in [0.05, 0.1) is 5.69 Å². The quantitative estimate of drug-likeness (QED) is 0.185. The second-order valence-corrected chi connectivity index (χ2v) is 9.13. The maximum Gasteiger partial charge on any atom is 0.256 e. The van der Waals surface area contributed by atoms with Gasteiger partial charge in [-0.05, 0) is 70.4 Å². The number of phenols is 1. The van der Waals surface area contributed by atoms with Crippen LogP contribution >= 0.6 is 0 Å². The number of carbonyl (C=O) groups is 1. The molecule has 0 heterocycles. The summed E-state index contributed by atoms with van der Waals surface area (Å²) in [6, 6.07) is 30.0. The van der Waals surface area contributed by atoms with Crippen molar-refractivity contribution >= 4 is 44.6 Å². The van der Waals surface area contributed by atoms with Gasteiger partial charge in [0.2, 0.25) is 10.9 Å². The van der Waals surface area contributed by atoms with Crippen molar-refractivity contribution in [3.8, 4) is 16.9 Å². The van der Waals surface area contributed by atoms with Gasteiger partial charge >= 0.3 is 0 Å². The summed E-state index contributed by atoms with van der Waals surface area (Å²) >= 11 is 0. The molecule has 8 heteroatoms. The van der Waals surface area contributed by atoms with Gasteiger partial charge in [-0.3, -0.25) is 4.79 Å². The average Bonchev–Trinajstić information content (AvgIpc) is 2.91. The summed E-state index contributed by atoms with van der Waals surface area (Å²) in [4.78, 5) is 13.3. The van der Waals surface area contributed by atoms with Crippen LogP contribution in [0.4, 0.5) is 21.5 Å². The molecule has 5 aromatic carbocycles. The maximum absolute atomic E-state index is 13.4. The molecule has 0 spiro atoms. The van der Waals surface area contributed by atoms with E-state index >= 15 is 0 Å². The number of nitrogens with one attached hydrogen (secondary N) is 1. The van der Waals surface area contributed by atoms with Crippen LogP contribution in [0.3, 0.4) is 0 Å². The smallest absolute Gasteiger partial charge is 0.256 e. The van der Waals surface area contributed by atoms with Gasteiger partial charge in [0.1, 0.15) is 17.3 Å². The van der Waals surface area contributed by atoms with Crippen molar-refractivity contribution in [3.05, 3.63) is 121 Å². The van der Waals surface area contributed by atoms with Gasteiger partial charge in [-0.25, -0.2) is 17.1 Å². The molecule has 0 saturated heterocycles. The molecule has 1 amide bonds. The first-order valence-electron chi connectivity index (χ1n) is 11.3. The minimum Gasteiger partial charge on any atom is -0.506 e. The Hall–Kier alpha value is -4.69. The lowest BCUT2D eigenvalue weighted by Gasteiger charge is -2.20. The summed E-state index contributed by atoms with van der Waals surface area (Å²) in [5.74, 6) is -1.24. The number of fused-ring (bicyclic) bond motifs is 1. The number of thiol groups is 1. The molecule has 184 valence electrons. The Labute approximate surface area is 214 Å². The number of rotatable bonds is 6. The van der Waals surface area contributed by atoms with E-state index in [0.29, 0.717) is 5.56 Å². The Balaban J connectivity index is 1.51. The molecule has 0 radical (unpaired) electrons. The molecule has 5 rings (SSSR count). The predicted molar refractivity (Wildman–Crippen MR) is 144 cm³/mol. The van der Waals surface area contributed by atoms with E-state index in [4.69, 9.17) is 0 Å². The Bertz CT molecular complexity index is 1680. The van der Waals surface area contributed by atoms with Crippen molar-refractivity contribution in [2.45, 2.75) is 0 Å². The van der Waals surface area contributed by atoms with E-state index < -0.39 is 22.6 Å². The second-order valence-electron chi connectivity index (χ2n) is 8.26. The van der Waals surface area contributed by atoms with Gasteiger partial charge in [0.15, 0.2) is 0 Å². The average molecular weight is 513 g/mol. The predicted octanol–water partition coefficient (Wildman–Crippen LogP) is 6.27. The molecule has 0 aliphatic heterocycles. The van der Waals surface area contributed by atoms with Crippen molar-refractivity contribution in [1.82, 2.24) is 0 Å². The summed E-state index contributed by atoms with van der Waals surface area (Å²) in [6.07, 6.45) is 0. The molecule has 0 fully saturated rings. The van der Waals surface area contributed by atoms with Crippen LogP contribution in [0.1, 0.15) is 10.4 Å². The van der Waals surface area contributed by atoms with E-state index in [9.17, 15) is 22.7 Å². The van der Waals surface area contributed by atoms with Crippen LogP contribution in [0.5, 0.6) is 5.75 Å². The first-order chi connectivity index (χ1) is 17.9. The molecule has 0 atom stereocenters. The number of halogens is 1. The minimum atomic E-state index is -3.23. The Morgan fingerprint density at radius 2 is 1.46 bits per heavy atom. The number of benzene rings is 5. The Kier molecular flexibility index (Phi) is 6.57. The van der Waals surface area contributed by atoms with Crippen LogP contribution in [0.25, 0.3) is 21.9 Å². The molecule has 0 aliphatic rings. The van der Waals surface area contributed by atoms with Crippen LogP contribution in [-0.2, 0) is 10.9 Å². The van der Waals surface area contributed by atoms with Crippen LogP contribution in [-0.4, -0.2) is 19.4 Å². The minimum absolute atomic E-state index is 0.0789. The van der Waals surface area contributed by atoms with Gasteiger partial charge in [0.25, 0.3) is 5.91 Å². The standard InChI is InChI=1S/C29H21FN2O4S/c30-20-10-13-22(14-11-20)32(37(35)36)27-18-21(12-17-28(27)33)31-29(34)26-16-15-23(19-6-2-1-3-7-19)24-8-4-5-9-25(24)26/h1-18,33,37H,(H,31,34). The highest BCUT2D eigenvalue weighted by molar-refractivity contribution is 7.74. The molecular weight excluding hydrogens is 491 g/mol. The van der Waals surface area contributed by atoms with Crippen molar-refractivity contribution in [1.29, 1.82) is 0 Å². The molecule has 0 aromatic heterocycles.